The molecular formula is C15H15NO8. The van der Waals surface area contributed by atoms with Crippen LogP contribution in [0.2, 0.25) is 0 Å². The number of rotatable bonds is 3. The molecule has 6 N–H and O–H groups in total. The predicted octanol–water partition coefficient (Wildman–Crippen LogP) is 0.640. The van der Waals surface area contributed by atoms with Crippen molar-refractivity contribution in [2.75, 3.05) is 0 Å². The second-order valence-corrected chi connectivity index (χ2v) is 4.44. The number of carboxylic acid groups (broad SMARTS) is 3. The van der Waals surface area contributed by atoms with E-state index >= 15 is 0 Å². The molecular weight excluding hydrogens is 322 g/mol. The van der Waals surface area contributed by atoms with Crippen molar-refractivity contribution in [3.05, 3.63) is 69.1 Å². The Balaban J connectivity index is 0.000000498. The molecule has 0 radical (unpaired) electrons. The van der Waals surface area contributed by atoms with Gasteiger partial charge in [-0.1, -0.05) is 6.07 Å². The van der Waals surface area contributed by atoms with Crippen LogP contribution in [-0.4, -0.2) is 43.7 Å². The summed E-state index contributed by atoms with van der Waals surface area (Å²) in [6.07, 6.45) is 1.68. The molecule has 0 bridgehead atoms. The van der Waals surface area contributed by atoms with E-state index in [0.717, 1.165) is 23.8 Å². The van der Waals surface area contributed by atoms with Gasteiger partial charge in [0.15, 0.2) is 0 Å². The highest BCUT2D eigenvalue weighted by atomic mass is 16.4. The molecule has 1 aromatic carbocycles. The van der Waals surface area contributed by atoms with Gasteiger partial charge in [-0.15, -0.1) is 0 Å². The van der Waals surface area contributed by atoms with Crippen LogP contribution in [0.5, 0.6) is 0 Å². The number of pyridine rings is 1. The minimum absolute atomic E-state index is 0. The van der Waals surface area contributed by atoms with Crippen molar-refractivity contribution in [3.8, 4) is 0 Å². The van der Waals surface area contributed by atoms with Crippen LogP contribution < -0.4 is 5.56 Å². The van der Waals surface area contributed by atoms with Gasteiger partial charge in [-0.3, -0.25) is 4.79 Å². The summed E-state index contributed by atoms with van der Waals surface area (Å²) in [6.45, 7) is 1.93. The van der Waals surface area contributed by atoms with E-state index in [4.69, 9.17) is 15.3 Å². The zero-order valence-electron chi connectivity index (χ0n) is 12.4. The Hall–Kier alpha value is -3.46. The Morgan fingerprint density at radius 3 is 1.42 bits per heavy atom. The van der Waals surface area contributed by atoms with Gasteiger partial charge in [0.2, 0.25) is 5.56 Å². The van der Waals surface area contributed by atoms with Gasteiger partial charge in [0.05, 0.1) is 16.7 Å². The van der Waals surface area contributed by atoms with Crippen LogP contribution >= 0.6 is 0 Å². The van der Waals surface area contributed by atoms with E-state index in [1.165, 1.54) is 6.07 Å². The van der Waals surface area contributed by atoms with Crippen LogP contribution in [-0.2, 0) is 0 Å². The van der Waals surface area contributed by atoms with E-state index in [9.17, 15) is 19.2 Å². The second kappa shape index (κ2) is 8.86. The van der Waals surface area contributed by atoms with Crippen molar-refractivity contribution in [1.82, 2.24) is 4.98 Å². The second-order valence-electron chi connectivity index (χ2n) is 4.44. The number of aromatic nitrogens is 1. The molecule has 1 aromatic heterocycles. The third-order valence-corrected chi connectivity index (χ3v) is 2.61. The highest BCUT2D eigenvalue weighted by Crippen LogP contribution is 2.11. The number of aromatic carboxylic acids is 3. The monoisotopic (exact) mass is 337 g/mol. The van der Waals surface area contributed by atoms with E-state index < -0.39 is 17.9 Å². The molecule has 0 aliphatic heterocycles. The zero-order valence-corrected chi connectivity index (χ0v) is 12.4. The van der Waals surface area contributed by atoms with Crippen molar-refractivity contribution in [3.63, 3.8) is 0 Å². The van der Waals surface area contributed by atoms with E-state index in [0.29, 0.717) is 0 Å². The van der Waals surface area contributed by atoms with E-state index in [1.807, 2.05) is 6.92 Å². The number of hydrogen-bond donors (Lipinski definition) is 4. The van der Waals surface area contributed by atoms with Crippen LogP contribution in [0.15, 0.2) is 41.3 Å². The molecule has 0 saturated carbocycles. The van der Waals surface area contributed by atoms with E-state index in [-0.39, 0.29) is 27.7 Å². The third kappa shape index (κ3) is 6.12. The predicted molar refractivity (Wildman–Crippen MR) is 82.7 cm³/mol. The van der Waals surface area contributed by atoms with Crippen molar-refractivity contribution < 1.29 is 35.2 Å². The average molecular weight is 337 g/mol. The third-order valence-electron chi connectivity index (χ3n) is 2.61. The fourth-order valence-electron chi connectivity index (χ4n) is 1.49. The van der Waals surface area contributed by atoms with Gasteiger partial charge in [0.1, 0.15) is 0 Å². The molecule has 9 heteroatoms. The largest absolute Gasteiger partial charge is 0.478 e. The van der Waals surface area contributed by atoms with Crippen LogP contribution in [0, 0.1) is 6.92 Å². The fraction of sp³-hybridized carbons (Fsp3) is 0.0667. The molecule has 2 aromatic rings. The van der Waals surface area contributed by atoms with Crippen molar-refractivity contribution >= 4 is 17.9 Å². The smallest absolute Gasteiger partial charge is 0.335 e. The first kappa shape index (κ1) is 20.5. The first-order valence-corrected chi connectivity index (χ1v) is 6.21. The number of aryl methyl sites for hydroxylation is 1. The standard InChI is InChI=1S/C9H6O6.C6H7NO.H2O/c10-7(11)4-1-5(8(12)13)3-6(2-4)9(14)15;1-5-2-3-6(8)7-4-5;/h1-3H,(H,10,11)(H,12,13)(H,14,15);2-4H,1H3,(H,7,8);1H2. The van der Waals surface area contributed by atoms with E-state index in [1.54, 1.807) is 12.3 Å². The lowest BCUT2D eigenvalue weighted by molar-refractivity contribution is 0.0696. The summed E-state index contributed by atoms with van der Waals surface area (Å²) in [6, 6.07) is 5.99. The lowest BCUT2D eigenvalue weighted by Gasteiger charge is -2.00. The van der Waals surface area contributed by atoms with Crippen LogP contribution in [0.4, 0.5) is 0 Å². The molecule has 0 fully saturated rings. The molecule has 0 aliphatic carbocycles. The summed E-state index contributed by atoms with van der Waals surface area (Å²) in [4.78, 5) is 44.6. The van der Waals surface area contributed by atoms with Crippen LogP contribution in [0.1, 0.15) is 36.6 Å². The minimum atomic E-state index is -1.37. The number of aromatic amines is 1. The SMILES string of the molecule is Cc1ccc(=O)[nH]c1.O.O=C(O)c1cc(C(=O)O)cc(C(=O)O)c1. The maximum Gasteiger partial charge on any atom is 0.335 e. The molecule has 2 rings (SSSR count). The fourth-order valence-corrected chi connectivity index (χ4v) is 1.49. The van der Waals surface area contributed by atoms with Gasteiger partial charge in [-0.05, 0) is 30.7 Å². The van der Waals surface area contributed by atoms with Gasteiger partial charge >= 0.3 is 17.9 Å². The Labute approximate surface area is 135 Å². The number of carboxylic acids is 3. The normalized spacial score (nSPS) is 9.04. The van der Waals surface area contributed by atoms with Gasteiger partial charge in [0, 0.05) is 12.3 Å². The molecule has 9 nitrogen and oxygen atoms in total. The maximum absolute atomic E-state index is 10.6. The maximum atomic E-state index is 10.6. The number of carbonyl (C=O) groups is 3. The lowest BCUT2D eigenvalue weighted by atomic mass is 10.1. The quantitative estimate of drug-likeness (QED) is 0.634. The molecule has 128 valence electrons. The summed E-state index contributed by atoms with van der Waals surface area (Å²) < 4.78 is 0. The van der Waals surface area contributed by atoms with Crippen LogP contribution in [0.25, 0.3) is 0 Å². The number of benzene rings is 1. The number of H-pyrrole nitrogens is 1. The molecule has 24 heavy (non-hydrogen) atoms. The molecule has 0 unspecified atom stereocenters. The van der Waals surface area contributed by atoms with Crippen LogP contribution in [0.3, 0.4) is 0 Å². The topological polar surface area (TPSA) is 176 Å². The highest BCUT2D eigenvalue weighted by molar-refractivity contribution is 5.98. The van der Waals surface area contributed by atoms with Gasteiger partial charge < -0.3 is 25.8 Å². The van der Waals surface area contributed by atoms with Crippen molar-refractivity contribution in [2.24, 2.45) is 0 Å². The molecule has 1 heterocycles. The number of nitrogens with one attached hydrogen (secondary N) is 1. The van der Waals surface area contributed by atoms with Crippen molar-refractivity contribution in [2.45, 2.75) is 6.92 Å². The summed E-state index contributed by atoms with van der Waals surface area (Å²) in [5, 5.41) is 25.8. The van der Waals surface area contributed by atoms with Gasteiger partial charge in [-0.25, -0.2) is 14.4 Å². The summed E-state index contributed by atoms with van der Waals surface area (Å²) in [7, 11) is 0. The molecule has 0 atom stereocenters. The van der Waals surface area contributed by atoms with Crippen molar-refractivity contribution in [1.29, 1.82) is 0 Å². The first-order chi connectivity index (χ1) is 10.7. The summed E-state index contributed by atoms with van der Waals surface area (Å²) >= 11 is 0. The Morgan fingerprint density at radius 1 is 0.833 bits per heavy atom. The summed E-state index contributed by atoms with van der Waals surface area (Å²) in [5.74, 6) is -4.12. The minimum Gasteiger partial charge on any atom is -0.478 e. The molecule has 0 aliphatic rings. The van der Waals surface area contributed by atoms with Gasteiger partial charge in [-0.2, -0.15) is 0 Å². The summed E-state index contributed by atoms with van der Waals surface area (Å²) in [5.41, 5.74) is -0.0768. The Kier molecular flexibility index (Phi) is 7.58. The van der Waals surface area contributed by atoms with E-state index in [2.05, 4.69) is 4.98 Å². The molecule has 0 amide bonds. The Bertz CT molecular complexity index is 710. The number of hydrogen-bond acceptors (Lipinski definition) is 4. The zero-order chi connectivity index (χ0) is 17.6. The van der Waals surface area contributed by atoms with Gasteiger partial charge in [0.25, 0.3) is 0 Å². The molecule has 0 saturated heterocycles. The average Bonchev–Trinajstić information content (AvgIpc) is 2.50. The first-order valence-electron chi connectivity index (χ1n) is 6.21. The lowest BCUT2D eigenvalue weighted by Crippen LogP contribution is -2.07. The molecule has 0 spiro atoms. The highest BCUT2D eigenvalue weighted by Gasteiger charge is 2.14. The Morgan fingerprint density at radius 2 is 1.21 bits per heavy atom.